The molecule has 1 aliphatic rings. The molecule has 1 unspecified atom stereocenters. The monoisotopic (exact) mass is 311 g/mol. The Labute approximate surface area is 138 Å². The Kier molecular flexibility index (Phi) is 5.81. The molecule has 23 heavy (non-hydrogen) atoms. The highest BCUT2D eigenvalue weighted by Crippen LogP contribution is 2.22. The Balaban J connectivity index is 1.39. The summed E-state index contributed by atoms with van der Waals surface area (Å²) < 4.78 is 5.60. The number of aliphatic hydroxyl groups is 1. The number of piperidine rings is 1. The number of ether oxygens (including phenoxy) is 1. The van der Waals surface area contributed by atoms with Crippen molar-refractivity contribution in [3.05, 3.63) is 71.8 Å². The molecular formula is C20H25NO2. The highest BCUT2D eigenvalue weighted by molar-refractivity contribution is 5.16. The van der Waals surface area contributed by atoms with Gasteiger partial charge in [0.05, 0.1) is 0 Å². The SMILES string of the molecule is OC(OCN1CCC(Cc2ccccc2)CC1)c1ccccc1. The van der Waals surface area contributed by atoms with Crippen LogP contribution in [0, 0.1) is 5.92 Å². The summed E-state index contributed by atoms with van der Waals surface area (Å²) in [4.78, 5) is 2.29. The quantitative estimate of drug-likeness (QED) is 0.827. The molecule has 1 heterocycles. The Bertz CT molecular complexity index is 565. The van der Waals surface area contributed by atoms with Crippen LogP contribution >= 0.6 is 0 Å². The van der Waals surface area contributed by atoms with Crippen molar-refractivity contribution in [1.82, 2.24) is 4.90 Å². The molecule has 1 fully saturated rings. The third-order valence-corrected chi connectivity index (χ3v) is 4.57. The Morgan fingerprint density at radius 3 is 2.22 bits per heavy atom. The first-order chi connectivity index (χ1) is 11.3. The molecule has 1 aliphatic heterocycles. The fourth-order valence-electron chi connectivity index (χ4n) is 3.16. The third kappa shape index (κ3) is 4.90. The highest BCUT2D eigenvalue weighted by atomic mass is 16.6. The van der Waals surface area contributed by atoms with Crippen molar-refractivity contribution in [1.29, 1.82) is 0 Å². The number of hydrogen-bond acceptors (Lipinski definition) is 3. The Morgan fingerprint density at radius 2 is 1.57 bits per heavy atom. The summed E-state index contributed by atoms with van der Waals surface area (Å²) in [5, 5.41) is 10.0. The predicted octanol–water partition coefficient (Wildman–Crippen LogP) is 3.61. The zero-order valence-corrected chi connectivity index (χ0v) is 13.5. The van der Waals surface area contributed by atoms with E-state index in [1.54, 1.807) is 0 Å². The van der Waals surface area contributed by atoms with Crippen molar-refractivity contribution in [3.63, 3.8) is 0 Å². The van der Waals surface area contributed by atoms with Gasteiger partial charge in [-0.3, -0.25) is 4.90 Å². The van der Waals surface area contributed by atoms with Gasteiger partial charge in [-0.1, -0.05) is 60.7 Å². The van der Waals surface area contributed by atoms with Gasteiger partial charge in [-0.05, 0) is 30.7 Å². The molecule has 1 saturated heterocycles. The lowest BCUT2D eigenvalue weighted by molar-refractivity contribution is -0.140. The van der Waals surface area contributed by atoms with Crippen LogP contribution in [0.15, 0.2) is 60.7 Å². The molecule has 3 rings (SSSR count). The molecule has 3 heteroatoms. The normalized spacial score (nSPS) is 18.0. The average Bonchev–Trinajstić information content (AvgIpc) is 2.62. The van der Waals surface area contributed by atoms with Crippen LogP contribution in [0.3, 0.4) is 0 Å². The highest BCUT2D eigenvalue weighted by Gasteiger charge is 2.20. The van der Waals surface area contributed by atoms with Crippen molar-refractivity contribution < 1.29 is 9.84 Å². The molecule has 0 aromatic heterocycles. The average molecular weight is 311 g/mol. The molecule has 3 nitrogen and oxygen atoms in total. The van der Waals surface area contributed by atoms with Gasteiger partial charge < -0.3 is 9.84 Å². The third-order valence-electron chi connectivity index (χ3n) is 4.57. The van der Waals surface area contributed by atoms with Gasteiger partial charge in [0.2, 0.25) is 0 Å². The summed E-state index contributed by atoms with van der Waals surface area (Å²) in [5.74, 6) is 0.757. The van der Waals surface area contributed by atoms with Gasteiger partial charge in [-0.15, -0.1) is 0 Å². The van der Waals surface area contributed by atoms with Gasteiger partial charge in [0.25, 0.3) is 0 Å². The summed E-state index contributed by atoms with van der Waals surface area (Å²) in [6.45, 7) is 2.58. The zero-order chi connectivity index (χ0) is 15.9. The van der Waals surface area contributed by atoms with Crippen LogP contribution in [-0.4, -0.2) is 29.8 Å². The van der Waals surface area contributed by atoms with Crippen LogP contribution in [0.1, 0.15) is 30.3 Å². The summed E-state index contributed by atoms with van der Waals surface area (Å²) >= 11 is 0. The van der Waals surface area contributed by atoms with E-state index in [4.69, 9.17) is 4.74 Å². The van der Waals surface area contributed by atoms with Crippen molar-refractivity contribution in [3.8, 4) is 0 Å². The lowest BCUT2D eigenvalue weighted by Crippen LogP contribution is -2.36. The fraction of sp³-hybridized carbons (Fsp3) is 0.400. The molecule has 1 N–H and O–H groups in total. The molecule has 0 spiro atoms. The molecule has 1 atom stereocenters. The second kappa shape index (κ2) is 8.25. The lowest BCUT2D eigenvalue weighted by Gasteiger charge is -2.32. The minimum absolute atomic E-state index is 0.494. The van der Waals surface area contributed by atoms with Crippen molar-refractivity contribution in [2.45, 2.75) is 25.6 Å². The summed E-state index contributed by atoms with van der Waals surface area (Å²) in [6, 6.07) is 20.3. The van der Waals surface area contributed by atoms with Gasteiger partial charge in [-0.2, -0.15) is 0 Å². The second-order valence-corrected chi connectivity index (χ2v) is 6.31. The van der Waals surface area contributed by atoms with Crippen molar-refractivity contribution >= 4 is 0 Å². The van der Waals surface area contributed by atoms with Crippen LogP contribution in [-0.2, 0) is 11.2 Å². The van der Waals surface area contributed by atoms with Crippen LogP contribution in [0.4, 0.5) is 0 Å². The molecule has 122 valence electrons. The minimum atomic E-state index is -0.835. The van der Waals surface area contributed by atoms with E-state index in [2.05, 4.69) is 35.2 Å². The largest absolute Gasteiger partial charge is 0.364 e. The first-order valence-corrected chi connectivity index (χ1v) is 8.42. The molecule has 0 bridgehead atoms. The van der Waals surface area contributed by atoms with E-state index >= 15 is 0 Å². The Morgan fingerprint density at radius 1 is 0.957 bits per heavy atom. The maximum absolute atomic E-state index is 10.0. The van der Waals surface area contributed by atoms with Crippen molar-refractivity contribution in [2.24, 2.45) is 5.92 Å². The van der Waals surface area contributed by atoms with Crippen LogP contribution in [0.2, 0.25) is 0 Å². The van der Waals surface area contributed by atoms with Crippen molar-refractivity contribution in [2.75, 3.05) is 19.8 Å². The smallest absolute Gasteiger partial charge is 0.182 e. The minimum Gasteiger partial charge on any atom is -0.364 e. The van der Waals surface area contributed by atoms with Crippen LogP contribution in [0.5, 0.6) is 0 Å². The van der Waals surface area contributed by atoms with E-state index in [9.17, 15) is 5.11 Å². The standard InChI is InChI=1S/C20H25NO2/c22-20(19-9-5-2-6-10-19)23-16-21-13-11-18(12-14-21)15-17-7-3-1-4-8-17/h1-10,18,20,22H,11-16H2. The van der Waals surface area contributed by atoms with Gasteiger partial charge in [0.1, 0.15) is 6.73 Å². The maximum atomic E-state index is 10.0. The molecule has 2 aromatic carbocycles. The van der Waals surface area contributed by atoms with E-state index < -0.39 is 6.29 Å². The molecule has 0 amide bonds. The molecule has 0 aliphatic carbocycles. The molecule has 2 aromatic rings. The van der Waals surface area contributed by atoms with E-state index in [1.807, 2.05) is 30.3 Å². The fourth-order valence-corrected chi connectivity index (χ4v) is 3.16. The van der Waals surface area contributed by atoms with Gasteiger partial charge in [-0.25, -0.2) is 0 Å². The maximum Gasteiger partial charge on any atom is 0.182 e. The van der Waals surface area contributed by atoms with E-state index in [0.29, 0.717) is 6.73 Å². The summed E-state index contributed by atoms with van der Waals surface area (Å²) in [7, 11) is 0. The topological polar surface area (TPSA) is 32.7 Å². The van der Waals surface area contributed by atoms with Gasteiger partial charge in [0, 0.05) is 18.7 Å². The number of benzene rings is 2. The number of likely N-dealkylation sites (tertiary alicyclic amines) is 1. The first-order valence-electron chi connectivity index (χ1n) is 8.42. The van der Waals surface area contributed by atoms with Crippen LogP contribution < -0.4 is 0 Å². The zero-order valence-electron chi connectivity index (χ0n) is 13.5. The Hall–Kier alpha value is -1.68. The van der Waals surface area contributed by atoms with E-state index in [1.165, 1.54) is 24.8 Å². The lowest BCUT2D eigenvalue weighted by atomic mass is 9.90. The van der Waals surface area contributed by atoms with Crippen LogP contribution in [0.25, 0.3) is 0 Å². The number of nitrogens with zero attached hydrogens (tertiary/aromatic N) is 1. The van der Waals surface area contributed by atoms with Gasteiger partial charge in [0.15, 0.2) is 6.29 Å². The van der Waals surface area contributed by atoms with Gasteiger partial charge >= 0.3 is 0 Å². The second-order valence-electron chi connectivity index (χ2n) is 6.31. The molecule has 0 radical (unpaired) electrons. The molecule has 0 saturated carbocycles. The predicted molar refractivity (Wildman–Crippen MR) is 91.8 cm³/mol. The van der Waals surface area contributed by atoms with E-state index in [-0.39, 0.29) is 0 Å². The summed E-state index contributed by atoms with van der Waals surface area (Å²) in [6.07, 6.45) is 2.72. The number of aliphatic hydroxyl groups excluding tert-OH is 1. The number of hydrogen-bond donors (Lipinski definition) is 1. The molecular weight excluding hydrogens is 286 g/mol. The van der Waals surface area contributed by atoms with E-state index in [0.717, 1.165) is 24.6 Å². The first kappa shape index (κ1) is 16.2. The number of rotatable bonds is 6. The summed E-state index contributed by atoms with van der Waals surface area (Å²) in [5.41, 5.74) is 2.24.